The summed E-state index contributed by atoms with van der Waals surface area (Å²) in [7, 11) is 1.59. The van der Waals surface area contributed by atoms with E-state index >= 15 is 0 Å². The van der Waals surface area contributed by atoms with Crippen LogP contribution in [0.2, 0.25) is 0 Å². The molecule has 5 heteroatoms. The van der Waals surface area contributed by atoms with E-state index in [4.69, 9.17) is 4.74 Å². The fraction of sp³-hybridized carbons (Fsp3) is 0.444. The number of carboxylic acid groups (broad SMARTS) is 1. The summed E-state index contributed by atoms with van der Waals surface area (Å²) in [6, 6.07) is 5.90. The van der Waals surface area contributed by atoms with Gasteiger partial charge in [0.05, 0.1) is 12.8 Å². The monoisotopic (exact) mass is 314 g/mol. The van der Waals surface area contributed by atoms with Crippen molar-refractivity contribution in [2.24, 2.45) is 5.92 Å². The average Bonchev–Trinajstić information content (AvgIpc) is 2.56. The van der Waals surface area contributed by atoms with E-state index in [0.29, 0.717) is 23.0 Å². The van der Waals surface area contributed by atoms with Crippen LogP contribution in [-0.4, -0.2) is 29.2 Å². The van der Waals surface area contributed by atoms with Gasteiger partial charge >= 0.3 is 5.97 Å². The van der Waals surface area contributed by atoms with E-state index in [-0.39, 0.29) is 5.56 Å². The van der Waals surface area contributed by atoms with Crippen LogP contribution in [0.5, 0.6) is 5.75 Å². The fourth-order valence-corrected chi connectivity index (χ4v) is 3.29. The van der Waals surface area contributed by atoms with Crippen LogP contribution in [0.4, 0.5) is 5.69 Å². The molecule has 0 radical (unpaired) electrons. The zero-order chi connectivity index (χ0) is 16.4. The Balaban J connectivity index is 2.04. The first kappa shape index (κ1) is 15.6. The standard InChI is InChI=1S/C18H22N2O3/c1-11-6-8-12(9-7-11)20-16-13-4-3-5-15(23-2)17(13)19-10-14(16)18(21)22/h3-5,10-12H,6-9H2,1-2H3,(H,19,20)(H,21,22). The minimum atomic E-state index is -0.964. The molecule has 1 aromatic heterocycles. The Hall–Kier alpha value is -2.30. The predicted molar refractivity (Wildman–Crippen MR) is 90.3 cm³/mol. The van der Waals surface area contributed by atoms with Crippen molar-refractivity contribution in [3.8, 4) is 5.75 Å². The van der Waals surface area contributed by atoms with Gasteiger partial charge in [0.25, 0.3) is 0 Å². The van der Waals surface area contributed by atoms with E-state index in [2.05, 4.69) is 17.2 Å². The van der Waals surface area contributed by atoms with Gasteiger partial charge in [0.15, 0.2) is 0 Å². The van der Waals surface area contributed by atoms with Crippen molar-refractivity contribution >= 4 is 22.6 Å². The van der Waals surface area contributed by atoms with Gasteiger partial charge in [0.2, 0.25) is 0 Å². The van der Waals surface area contributed by atoms with Crippen LogP contribution in [0, 0.1) is 5.92 Å². The number of hydrogen-bond donors (Lipinski definition) is 2. The van der Waals surface area contributed by atoms with Gasteiger partial charge in [-0.15, -0.1) is 0 Å². The van der Waals surface area contributed by atoms with Crippen molar-refractivity contribution in [1.29, 1.82) is 0 Å². The SMILES string of the molecule is COc1cccc2c(NC3CCC(C)CC3)c(C(=O)O)cnc12. The van der Waals surface area contributed by atoms with E-state index in [0.717, 1.165) is 24.1 Å². The molecule has 1 aliphatic carbocycles. The highest BCUT2D eigenvalue weighted by Crippen LogP contribution is 2.34. The lowest BCUT2D eigenvalue weighted by molar-refractivity contribution is 0.0697. The molecule has 0 saturated heterocycles. The molecule has 1 fully saturated rings. The first-order valence-electron chi connectivity index (χ1n) is 8.05. The van der Waals surface area contributed by atoms with Crippen LogP contribution >= 0.6 is 0 Å². The van der Waals surface area contributed by atoms with Crippen LogP contribution < -0.4 is 10.1 Å². The molecule has 0 aliphatic heterocycles. The van der Waals surface area contributed by atoms with Gasteiger partial charge < -0.3 is 15.2 Å². The van der Waals surface area contributed by atoms with Gasteiger partial charge in [-0.3, -0.25) is 4.98 Å². The summed E-state index contributed by atoms with van der Waals surface area (Å²) >= 11 is 0. The molecule has 2 N–H and O–H groups in total. The number of pyridine rings is 1. The molecule has 3 rings (SSSR count). The highest BCUT2D eigenvalue weighted by molar-refractivity contribution is 6.05. The zero-order valence-corrected chi connectivity index (χ0v) is 13.5. The predicted octanol–water partition coefficient (Wildman–Crippen LogP) is 3.93. The highest BCUT2D eigenvalue weighted by atomic mass is 16.5. The fourth-order valence-electron chi connectivity index (χ4n) is 3.29. The number of ether oxygens (including phenoxy) is 1. The van der Waals surface area contributed by atoms with E-state index in [1.807, 2.05) is 18.2 Å². The van der Waals surface area contributed by atoms with E-state index in [1.165, 1.54) is 19.0 Å². The van der Waals surface area contributed by atoms with Crippen molar-refractivity contribution in [3.63, 3.8) is 0 Å². The summed E-state index contributed by atoms with van der Waals surface area (Å²) in [5.74, 6) is 0.440. The number of para-hydroxylation sites is 1. The number of aromatic nitrogens is 1. The summed E-state index contributed by atoms with van der Waals surface area (Å²) in [4.78, 5) is 15.9. The van der Waals surface area contributed by atoms with Crippen LogP contribution in [0.3, 0.4) is 0 Å². The normalized spacial score (nSPS) is 21.1. The number of anilines is 1. The third-order valence-electron chi connectivity index (χ3n) is 4.68. The molecule has 0 amide bonds. The second-order valence-electron chi connectivity index (χ2n) is 6.31. The van der Waals surface area contributed by atoms with Crippen molar-refractivity contribution in [3.05, 3.63) is 30.0 Å². The Bertz CT molecular complexity index is 722. The first-order chi connectivity index (χ1) is 11.1. The largest absolute Gasteiger partial charge is 0.494 e. The summed E-state index contributed by atoms with van der Waals surface area (Å²) in [5.41, 5.74) is 1.55. The molecule has 1 saturated carbocycles. The molecular formula is C18H22N2O3. The number of rotatable bonds is 4. The van der Waals surface area contributed by atoms with Crippen LogP contribution in [0.1, 0.15) is 43.0 Å². The molecular weight excluding hydrogens is 292 g/mol. The number of nitrogens with one attached hydrogen (secondary N) is 1. The van der Waals surface area contributed by atoms with Gasteiger partial charge in [0, 0.05) is 17.6 Å². The molecule has 23 heavy (non-hydrogen) atoms. The molecule has 1 aromatic carbocycles. The van der Waals surface area contributed by atoms with Crippen molar-refractivity contribution < 1.29 is 14.6 Å². The van der Waals surface area contributed by atoms with E-state index in [1.54, 1.807) is 7.11 Å². The van der Waals surface area contributed by atoms with Gasteiger partial charge in [-0.25, -0.2) is 4.79 Å². The topological polar surface area (TPSA) is 71.5 Å². The van der Waals surface area contributed by atoms with Gasteiger partial charge in [0.1, 0.15) is 16.8 Å². The summed E-state index contributed by atoms with van der Waals surface area (Å²) in [5, 5.41) is 13.8. The van der Waals surface area contributed by atoms with Gasteiger partial charge in [-0.2, -0.15) is 0 Å². The van der Waals surface area contributed by atoms with Crippen molar-refractivity contribution in [2.75, 3.05) is 12.4 Å². The molecule has 2 aromatic rings. The quantitative estimate of drug-likeness (QED) is 0.894. The number of benzene rings is 1. The minimum Gasteiger partial charge on any atom is -0.494 e. The minimum absolute atomic E-state index is 0.212. The lowest BCUT2D eigenvalue weighted by Gasteiger charge is -2.28. The zero-order valence-electron chi connectivity index (χ0n) is 13.5. The third kappa shape index (κ3) is 3.09. The van der Waals surface area contributed by atoms with Crippen molar-refractivity contribution in [1.82, 2.24) is 4.98 Å². The Morgan fingerprint density at radius 2 is 2.04 bits per heavy atom. The van der Waals surface area contributed by atoms with Gasteiger partial charge in [-0.05, 0) is 37.7 Å². The van der Waals surface area contributed by atoms with E-state index in [9.17, 15) is 9.90 Å². The Morgan fingerprint density at radius 3 is 2.70 bits per heavy atom. The number of methoxy groups -OCH3 is 1. The molecule has 0 spiro atoms. The molecule has 0 unspecified atom stereocenters. The Labute approximate surface area is 135 Å². The number of carboxylic acids is 1. The smallest absolute Gasteiger partial charge is 0.339 e. The lowest BCUT2D eigenvalue weighted by atomic mass is 9.87. The third-order valence-corrected chi connectivity index (χ3v) is 4.68. The number of aromatic carboxylic acids is 1. The maximum atomic E-state index is 11.6. The number of carbonyl (C=O) groups is 1. The highest BCUT2D eigenvalue weighted by Gasteiger charge is 2.22. The van der Waals surface area contributed by atoms with Crippen LogP contribution in [0.15, 0.2) is 24.4 Å². The number of nitrogens with zero attached hydrogens (tertiary/aromatic N) is 1. The maximum Gasteiger partial charge on any atom is 0.339 e. The molecule has 1 aliphatic rings. The molecule has 1 heterocycles. The Morgan fingerprint density at radius 1 is 1.30 bits per heavy atom. The maximum absolute atomic E-state index is 11.6. The number of hydrogen-bond acceptors (Lipinski definition) is 4. The molecule has 122 valence electrons. The molecule has 0 bridgehead atoms. The first-order valence-corrected chi connectivity index (χ1v) is 8.05. The van der Waals surface area contributed by atoms with Crippen LogP contribution in [0.25, 0.3) is 10.9 Å². The lowest BCUT2D eigenvalue weighted by Crippen LogP contribution is -2.26. The van der Waals surface area contributed by atoms with Crippen LogP contribution in [-0.2, 0) is 0 Å². The second-order valence-corrected chi connectivity index (χ2v) is 6.31. The average molecular weight is 314 g/mol. The van der Waals surface area contributed by atoms with Gasteiger partial charge in [-0.1, -0.05) is 19.1 Å². The summed E-state index contributed by atoms with van der Waals surface area (Å²) < 4.78 is 5.35. The second kappa shape index (κ2) is 6.44. The molecule has 5 nitrogen and oxygen atoms in total. The summed E-state index contributed by atoms with van der Waals surface area (Å²) in [6.45, 7) is 2.27. The van der Waals surface area contributed by atoms with E-state index < -0.39 is 5.97 Å². The van der Waals surface area contributed by atoms with Crippen molar-refractivity contribution in [2.45, 2.75) is 38.6 Å². The number of fused-ring (bicyclic) bond motifs is 1. The molecule has 0 atom stereocenters. The summed E-state index contributed by atoms with van der Waals surface area (Å²) in [6.07, 6.45) is 5.89. The Kier molecular flexibility index (Phi) is 4.37.